The maximum atomic E-state index is 5.18. The molecule has 282 valence electrons. The molecule has 0 aliphatic heterocycles. The molecule has 0 saturated carbocycles. The van der Waals surface area contributed by atoms with Crippen molar-refractivity contribution in [3.05, 3.63) is 206 Å². The van der Waals surface area contributed by atoms with Gasteiger partial charge in [0.1, 0.15) is 5.01 Å². The predicted molar refractivity (Wildman–Crippen MR) is 262 cm³/mol. The second-order valence-corrected chi connectivity index (χ2v) is 18.3. The van der Waals surface area contributed by atoms with Gasteiger partial charge in [0.05, 0.1) is 10.2 Å². The monoisotopic (exact) mass is 818 g/mol. The van der Waals surface area contributed by atoms with E-state index in [1.165, 1.54) is 78.4 Å². The number of benzene rings is 9. The van der Waals surface area contributed by atoms with Gasteiger partial charge in [0.25, 0.3) is 0 Å². The van der Waals surface area contributed by atoms with Gasteiger partial charge >= 0.3 is 0 Å². The quantitative estimate of drug-likeness (QED) is 0.159. The normalized spacial score (nSPS) is 11.7. The Morgan fingerprint density at radius 2 is 0.950 bits per heavy atom. The molecule has 0 bridgehead atoms. The molecule has 9 aromatic carbocycles. The van der Waals surface area contributed by atoms with Crippen molar-refractivity contribution in [2.24, 2.45) is 0 Å². The standard InChI is InChI=1S/C55H34N2S3/c1-3-11-35(12-4-1)36-21-26-41(27-22-36)57(43-16-9-15-40(33-43)44-18-10-19-46-45-17-7-8-20-48(45)59-54(44)46)42-28-23-37(24-29-42)39-25-30-47-51(34-39)58-49-31-32-50-53(52(47)49)56-55(60-50)38-13-5-2-6-14-38/h1-34H. The Balaban J connectivity index is 0.932. The van der Waals surface area contributed by atoms with Crippen molar-refractivity contribution < 1.29 is 0 Å². The molecule has 0 fully saturated rings. The van der Waals surface area contributed by atoms with Crippen LogP contribution in [0.4, 0.5) is 17.1 Å². The second kappa shape index (κ2) is 14.4. The summed E-state index contributed by atoms with van der Waals surface area (Å²) in [6, 6.07) is 75.0. The van der Waals surface area contributed by atoms with Crippen molar-refractivity contribution in [3.63, 3.8) is 0 Å². The smallest absolute Gasteiger partial charge is 0.124 e. The molecule has 12 rings (SSSR count). The number of thiazole rings is 1. The van der Waals surface area contributed by atoms with Crippen LogP contribution < -0.4 is 4.90 Å². The zero-order valence-corrected chi connectivity index (χ0v) is 34.7. The van der Waals surface area contributed by atoms with Crippen molar-refractivity contribution >= 4 is 102 Å². The van der Waals surface area contributed by atoms with E-state index < -0.39 is 0 Å². The van der Waals surface area contributed by atoms with Gasteiger partial charge in [-0.05, 0) is 94.0 Å². The Kier molecular flexibility index (Phi) is 8.44. The summed E-state index contributed by atoms with van der Waals surface area (Å²) in [5.74, 6) is 0. The molecule has 0 aliphatic rings. The third-order valence-electron chi connectivity index (χ3n) is 11.5. The lowest BCUT2D eigenvalue weighted by Gasteiger charge is -2.26. The second-order valence-electron chi connectivity index (χ2n) is 15.1. The average molecular weight is 819 g/mol. The van der Waals surface area contributed by atoms with Crippen LogP contribution in [0, 0.1) is 0 Å². The van der Waals surface area contributed by atoms with E-state index in [-0.39, 0.29) is 0 Å². The minimum atomic E-state index is 1.07. The van der Waals surface area contributed by atoms with Crippen molar-refractivity contribution in [3.8, 4) is 44.0 Å². The van der Waals surface area contributed by atoms with Crippen molar-refractivity contribution in [1.29, 1.82) is 0 Å². The van der Waals surface area contributed by atoms with Gasteiger partial charge in [0.2, 0.25) is 0 Å². The molecule has 2 nitrogen and oxygen atoms in total. The summed E-state index contributed by atoms with van der Waals surface area (Å²) in [6.07, 6.45) is 0. The molecule has 0 radical (unpaired) electrons. The Morgan fingerprint density at radius 1 is 0.333 bits per heavy atom. The molecule has 12 aromatic rings. The summed E-state index contributed by atoms with van der Waals surface area (Å²) in [7, 11) is 0. The third-order valence-corrected chi connectivity index (χ3v) is 14.9. The molecule has 0 unspecified atom stereocenters. The number of rotatable bonds is 7. The molecule has 0 amide bonds. The molecule has 0 N–H and O–H groups in total. The largest absolute Gasteiger partial charge is 0.310 e. The van der Waals surface area contributed by atoms with E-state index in [1.54, 1.807) is 11.3 Å². The van der Waals surface area contributed by atoms with Crippen LogP contribution in [0.15, 0.2) is 206 Å². The van der Waals surface area contributed by atoms with Gasteiger partial charge in [-0.15, -0.1) is 34.0 Å². The Bertz CT molecular complexity index is 3530. The fraction of sp³-hybridized carbons (Fsp3) is 0. The van der Waals surface area contributed by atoms with Crippen LogP contribution in [0.5, 0.6) is 0 Å². The van der Waals surface area contributed by atoms with E-state index in [1.807, 2.05) is 22.7 Å². The van der Waals surface area contributed by atoms with Crippen LogP contribution in [0.2, 0.25) is 0 Å². The molecule has 3 heterocycles. The van der Waals surface area contributed by atoms with Crippen molar-refractivity contribution in [1.82, 2.24) is 4.98 Å². The van der Waals surface area contributed by atoms with Gasteiger partial charge < -0.3 is 4.90 Å². The highest BCUT2D eigenvalue weighted by atomic mass is 32.1. The maximum absolute atomic E-state index is 5.18. The van der Waals surface area contributed by atoms with Crippen LogP contribution >= 0.6 is 34.0 Å². The van der Waals surface area contributed by atoms with E-state index in [4.69, 9.17) is 4.98 Å². The molecule has 5 heteroatoms. The zero-order valence-electron chi connectivity index (χ0n) is 32.2. The first-order chi connectivity index (χ1) is 29.7. The SMILES string of the molecule is c1ccc(-c2ccc(N(c3ccc(-c4ccc5c(c4)sc4ccc6sc(-c7ccccc7)nc6c45)cc3)c3cccc(-c4cccc5c4sc4ccccc45)c3)cc2)cc1. The lowest BCUT2D eigenvalue weighted by atomic mass is 10.0. The third kappa shape index (κ3) is 6.01. The molecule has 0 aliphatic carbocycles. The van der Waals surface area contributed by atoms with Gasteiger partial charge in [-0.25, -0.2) is 4.98 Å². The van der Waals surface area contributed by atoms with Crippen LogP contribution in [-0.4, -0.2) is 4.98 Å². The predicted octanol–water partition coefficient (Wildman–Crippen LogP) is 17.2. The Hall–Kier alpha value is -6.89. The first kappa shape index (κ1) is 35.1. The molecule has 0 atom stereocenters. The summed E-state index contributed by atoms with van der Waals surface area (Å²) >= 11 is 5.49. The molecule has 60 heavy (non-hydrogen) atoms. The lowest BCUT2D eigenvalue weighted by molar-refractivity contribution is 1.28. The first-order valence-electron chi connectivity index (χ1n) is 20.1. The summed E-state index contributed by atoms with van der Waals surface area (Å²) in [5, 5.41) is 6.21. The maximum Gasteiger partial charge on any atom is 0.124 e. The number of anilines is 3. The number of aromatic nitrogens is 1. The summed E-state index contributed by atoms with van der Waals surface area (Å²) in [6.45, 7) is 0. The van der Waals surface area contributed by atoms with E-state index in [2.05, 4.69) is 211 Å². The van der Waals surface area contributed by atoms with Crippen LogP contribution in [0.3, 0.4) is 0 Å². The average Bonchev–Trinajstić information content (AvgIpc) is 4.04. The topological polar surface area (TPSA) is 16.1 Å². The highest BCUT2D eigenvalue weighted by Gasteiger charge is 2.18. The summed E-state index contributed by atoms with van der Waals surface area (Å²) in [5.41, 5.74) is 12.8. The van der Waals surface area contributed by atoms with Gasteiger partial charge in [-0.1, -0.05) is 146 Å². The summed E-state index contributed by atoms with van der Waals surface area (Å²) < 4.78 is 6.41. The number of hydrogen-bond donors (Lipinski definition) is 0. The molecular formula is C55H34N2S3. The molecular weight excluding hydrogens is 785 g/mol. The Morgan fingerprint density at radius 3 is 1.73 bits per heavy atom. The van der Waals surface area contributed by atoms with Crippen molar-refractivity contribution in [2.45, 2.75) is 0 Å². The van der Waals surface area contributed by atoms with Gasteiger partial charge in [0.15, 0.2) is 0 Å². The van der Waals surface area contributed by atoms with Gasteiger partial charge in [0, 0.05) is 63.0 Å². The number of hydrogen-bond acceptors (Lipinski definition) is 5. The first-order valence-corrected chi connectivity index (χ1v) is 22.5. The fourth-order valence-corrected chi connectivity index (χ4v) is 12.0. The minimum absolute atomic E-state index is 1.07. The number of nitrogens with zero attached hydrogens (tertiary/aromatic N) is 2. The fourth-order valence-electron chi connectivity index (χ4n) is 8.61. The van der Waals surface area contributed by atoms with E-state index in [9.17, 15) is 0 Å². The Labute approximate surface area is 359 Å². The van der Waals surface area contributed by atoms with E-state index in [0.717, 1.165) is 33.1 Å². The highest BCUT2D eigenvalue weighted by molar-refractivity contribution is 7.27. The van der Waals surface area contributed by atoms with Crippen LogP contribution in [0.25, 0.3) is 94.5 Å². The molecule has 0 spiro atoms. The molecule has 0 saturated heterocycles. The molecule has 3 aromatic heterocycles. The summed E-state index contributed by atoms with van der Waals surface area (Å²) in [4.78, 5) is 7.56. The minimum Gasteiger partial charge on any atom is -0.310 e. The van der Waals surface area contributed by atoms with Gasteiger partial charge in [-0.2, -0.15) is 0 Å². The van der Waals surface area contributed by atoms with Gasteiger partial charge in [-0.3, -0.25) is 0 Å². The van der Waals surface area contributed by atoms with Crippen molar-refractivity contribution in [2.75, 3.05) is 4.90 Å². The van der Waals surface area contributed by atoms with Crippen LogP contribution in [-0.2, 0) is 0 Å². The lowest BCUT2D eigenvalue weighted by Crippen LogP contribution is -2.10. The van der Waals surface area contributed by atoms with E-state index >= 15 is 0 Å². The highest BCUT2D eigenvalue weighted by Crippen LogP contribution is 2.45. The van der Waals surface area contributed by atoms with Crippen LogP contribution in [0.1, 0.15) is 0 Å². The van der Waals surface area contributed by atoms with E-state index in [0.29, 0.717) is 0 Å². The zero-order chi connectivity index (χ0) is 39.6. The number of fused-ring (bicyclic) bond motifs is 8. The number of thiophene rings is 2.